The van der Waals surface area contributed by atoms with Crippen molar-refractivity contribution in [3.63, 3.8) is 0 Å². The molecule has 1 heterocycles. The summed E-state index contributed by atoms with van der Waals surface area (Å²) in [5.74, 6) is -0.600. The number of halogens is 1. The standard InChI is InChI=1S/C16H19FN4O2S/c1-4-13-10(2)20-16(18)15(9-19-11(3)21-13)24(22,23)14-8-6-5-7-12(14)17/h5-9,20H,4,18H2,1-3H3. The molecule has 2 rings (SSSR count). The Balaban J connectivity index is 2.85. The van der Waals surface area contributed by atoms with E-state index in [2.05, 4.69) is 15.0 Å². The number of anilines is 1. The largest absolute Gasteiger partial charge is 0.384 e. The van der Waals surface area contributed by atoms with Gasteiger partial charge in [-0.05, 0) is 32.4 Å². The molecule has 3 N–H and O–H groups in total. The second-order valence-electron chi connectivity index (χ2n) is 5.18. The number of nitrogens with two attached hydrogens (primary N) is 1. The fraction of sp³-hybridized carbons (Fsp3) is 0.250. The van der Waals surface area contributed by atoms with Crippen LogP contribution in [0.15, 0.2) is 40.3 Å². The SMILES string of the molecule is CCc1nc(C)ncc(S(=O)(=O)c2ccccc2F)c(N)[nH]c1C. The number of aromatic amines is 1. The van der Waals surface area contributed by atoms with Gasteiger partial charge in [-0.3, -0.25) is 0 Å². The Morgan fingerprint density at radius 2 is 1.88 bits per heavy atom. The molecule has 6 nitrogen and oxygen atoms in total. The van der Waals surface area contributed by atoms with Crippen LogP contribution in [0.3, 0.4) is 0 Å². The Morgan fingerprint density at radius 1 is 1.21 bits per heavy atom. The summed E-state index contributed by atoms with van der Waals surface area (Å²) in [7, 11) is -4.18. The van der Waals surface area contributed by atoms with E-state index in [1.807, 2.05) is 6.92 Å². The summed E-state index contributed by atoms with van der Waals surface area (Å²) >= 11 is 0. The third kappa shape index (κ3) is 3.53. The van der Waals surface area contributed by atoms with Crippen LogP contribution in [0.4, 0.5) is 10.2 Å². The molecular formula is C16H19FN4O2S. The van der Waals surface area contributed by atoms with Crippen LogP contribution in [-0.2, 0) is 16.3 Å². The summed E-state index contributed by atoms with van der Waals surface area (Å²) in [6.45, 7) is 5.30. The molecular weight excluding hydrogens is 331 g/mol. The van der Waals surface area contributed by atoms with Gasteiger partial charge in [-0.25, -0.2) is 22.8 Å². The lowest BCUT2D eigenvalue weighted by molar-refractivity contribution is 0.567. The molecule has 0 aliphatic heterocycles. The monoisotopic (exact) mass is 350 g/mol. The highest BCUT2D eigenvalue weighted by Crippen LogP contribution is 2.25. The third-order valence-corrected chi connectivity index (χ3v) is 5.25. The van der Waals surface area contributed by atoms with Gasteiger partial charge in [-0.1, -0.05) is 19.1 Å². The van der Waals surface area contributed by atoms with Gasteiger partial charge >= 0.3 is 0 Å². The van der Waals surface area contributed by atoms with Gasteiger partial charge in [0.1, 0.15) is 27.3 Å². The molecule has 24 heavy (non-hydrogen) atoms. The Morgan fingerprint density at radius 3 is 2.50 bits per heavy atom. The van der Waals surface area contributed by atoms with Gasteiger partial charge in [0.15, 0.2) is 0 Å². The zero-order chi connectivity index (χ0) is 17.9. The number of H-pyrrole nitrogens is 1. The van der Waals surface area contributed by atoms with Crippen molar-refractivity contribution < 1.29 is 12.8 Å². The molecule has 2 aromatic rings. The van der Waals surface area contributed by atoms with E-state index in [9.17, 15) is 12.8 Å². The van der Waals surface area contributed by atoms with Gasteiger partial charge in [0.05, 0.1) is 11.9 Å². The van der Waals surface area contributed by atoms with E-state index in [-0.39, 0.29) is 10.7 Å². The minimum Gasteiger partial charge on any atom is -0.384 e. The summed E-state index contributed by atoms with van der Waals surface area (Å²) in [4.78, 5) is 10.4. The summed E-state index contributed by atoms with van der Waals surface area (Å²) in [6.07, 6.45) is 1.71. The van der Waals surface area contributed by atoms with E-state index in [1.165, 1.54) is 18.2 Å². The Hall–Kier alpha value is -2.48. The first-order valence-electron chi connectivity index (χ1n) is 7.32. The molecule has 128 valence electrons. The molecule has 0 fully saturated rings. The lowest BCUT2D eigenvalue weighted by Crippen LogP contribution is -2.08. The molecule has 0 aliphatic carbocycles. The number of nitrogens with one attached hydrogen (secondary N) is 1. The number of hydrogen-bond acceptors (Lipinski definition) is 5. The highest BCUT2D eigenvalue weighted by Gasteiger charge is 2.24. The van der Waals surface area contributed by atoms with Crippen LogP contribution < -0.4 is 5.73 Å². The number of benzene rings is 1. The molecule has 0 saturated heterocycles. The minimum atomic E-state index is -4.18. The van der Waals surface area contributed by atoms with Crippen LogP contribution in [0, 0.1) is 19.7 Å². The fourth-order valence-electron chi connectivity index (χ4n) is 2.20. The maximum absolute atomic E-state index is 14.0. The molecule has 0 saturated carbocycles. The van der Waals surface area contributed by atoms with Gasteiger partial charge in [0.25, 0.3) is 0 Å². The quantitative estimate of drug-likeness (QED) is 0.886. The van der Waals surface area contributed by atoms with E-state index in [0.717, 1.165) is 12.3 Å². The number of nitrogens with zero attached hydrogens (tertiary/aromatic N) is 2. The number of aryl methyl sites for hydroxylation is 3. The van der Waals surface area contributed by atoms with Gasteiger partial charge < -0.3 is 10.7 Å². The first-order chi connectivity index (χ1) is 11.3. The normalized spacial score (nSPS) is 11.2. The first kappa shape index (κ1) is 17.9. The topological polar surface area (TPSA) is 102 Å². The molecule has 0 amide bonds. The van der Waals surface area contributed by atoms with Crippen molar-refractivity contribution in [2.24, 2.45) is 0 Å². The summed E-state index contributed by atoms with van der Waals surface area (Å²) in [5, 5.41) is 0. The molecule has 1 aromatic carbocycles. The molecule has 0 unspecified atom stereocenters. The van der Waals surface area contributed by atoms with E-state index < -0.39 is 20.5 Å². The van der Waals surface area contributed by atoms with Crippen LogP contribution in [0.25, 0.3) is 0 Å². The molecule has 8 heteroatoms. The summed E-state index contributed by atoms with van der Waals surface area (Å²) in [5.41, 5.74) is 7.25. The number of nitrogen functional groups attached to an aromatic ring is 1. The number of hydrogen-bond donors (Lipinski definition) is 2. The third-order valence-electron chi connectivity index (χ3n) is 3.44. The van der Waals surface area contributed by atoms with Gasteiger partial charge in [0.2, 0.25) is 9.84 Å². The van der Waals surface area contributed by atoms with E-state index in [1.54, 1.807) is 13.8 Å². The van der Waals surface area contributed by atoms with E-state index in [0.29, 0.717) is 23.6 Å². The zero-order valence-corrected chi connectivity index (χ0v) is 14.5. The van der Waals surface area contributed by atoms with Crippen molar-refractivity contribution in [2.75, 3.05) is 5.73 Å². The predicted molar refractivity (Wildman–Crippen MR) is 89.1 cm³/mol. The van der Waals surface area contributed by atoms with Gasteiger partial charge in [0, 0.05) is 5.69 Å². The second-order valence-corrected chi connectivity index (χ2v) is 7.07. The Bertz CT molecular complexity index is 922. The predicted octanol–water partition coefficient (Wildman–Crippen LogP) is 2.66. The molecule has 0 radical (unpaired) electrons. The maximum Gasteiger partial charge on any atom is 0.214 e. The van der Waals surface area contributed by atoms with Gasteiger partial charge in [-0.15, -0.1) is 0 Å². The first-order valence-corrected chi connectivity index (χ1v) is 8.81. The number of sulfone groups is 1. The Labute approximate surface area is 140 Å². The van der Waals surface area contributed by atoms with Crippen molar-refractivity contribution in [3.05, 3.63) is 53.5 Å². The van der Waals surface area contributed by atoms with Crippen LogP contribution in [-0.4, -0.2) is 23.4 Å². The van der Waals surface area contributed by atoms with Crippen molar-refractivity contribution in [2.45, 2.75) is 37.0 Å². The number of aromatic nitrogens is 3. The lowest BCUT2D eigenvalue weighted by atomic mass is 10.3. The highest BCUT2D eigenvalue weighted by atomic mass is 32.2. The van der Waals surface area contributed by atoms with Crippen molar-refractivity contribution in [3.8, 4) is 0 Å². The summed E-state index contributed by atoms with van der Waals surface area (Å²) in [6, 6.07) is 5.13. The van der Waals surface area contributed by atoms with Crippen LogP contribution in [0.1, 0.15) is 24.1 Å². The highest BCUT2D eigenvalue weighted by molar-refractivity contribution is 7.91. The second kappa shape index (κ2) is 6.96. The summed E-state index contributed by atoms with van der Waals surface area (Å²) < 4.78 is 39.5. The van der Waals surface area contributed by atoms with Gasteiger partial charge in [-0.2, -0.15) is 0 Å². The average molecular weight is 350 g/mol. The minimum absolute atomic E-state index is 0.129. The molecule has 0 atom stereocenters. The maximum atomic E-state index is 14.0. The van der Waals surface area contributed by atoms with E-state index >= 15 is 0 Å². The average Bonchev–Trinajstić information content (AvgIpc) is 2.56. The molecule has 1 aromatic heterocycles. The molecule has 0 spiro atoms. The number of rotatable bonds is 3. The lowest BCUT2D eigenvalue weighted by Gasteiger charge is -2.06. The van der Waals surface area contributed by atoms with Crippen molar-refractivity contribution >= 4 is 15.7 Å². The van der Waals surface area contributed by atoms with Crippen LogP contribution >= 0.6 is 0 Å². The molecule has 0 bridgehead atoms. The zero-order valence-electron chi connectivity index (χ0n) is 13.7. The van der Waals surface area contributed by atoms with Crippen molar-refractivity contribution in [1.82, 2.24) is 15.0 Å². The van der Waals surface area contributed by atoms with Crippen molar-refractivity contribution in [1.29, 1.82) is 0 Å². The molecule has 0 aliphatic rings. The van der Waals surface area contributed by atoms with Crippen LogP contribution in [0.5, 0.6) is 0 Å². The fourth-order valence-corrected chi connectivity index (χ4v) is 3.56. The Kier molecular flexibility index (Phi) is 5.18. The van der Waals surface area contributed by atoms with E-state index in [4.69, 9.17) is 5.73 Å². The van der Waals surface area contributed by atoms with Crippen LogP contribution in [0.2, 0.25) is 0 Å². The smallest absolute Gasteiger partial charge is 0.214 e.